The van der Waals surface area contributed by atoms with Crippen LogP contribution in [0.15, 0.2) is 30.7 Å². The third kappa shape index (κ3) is 2.15. The summed E-state index contributed by atoms with van der Waals surface area (Å²) in [5.41, 5.74) is 2.45. The first kappa shape index (κ1) is 10.1. The van der Waals surface area contributed by atoms with Gasteiger partial charge in [-0.1, -0.05) is 6.92 Å². The van der Waals surface area contributed by atoms with Gasteiger partial charge in [0.25, 0.3) is 0 Å². The van der Waals surface area contributed by atoms with Gasteiger partial charge in [0.05, 0.1) is 6.54 Å². The van der Waals surface area contributed by atoms with Gasteiger partial charge in [-0.25, -0.2) is 0 Å². The van der Waals surface area contributed by atoms with Crippen LogP contribution in [0, 0.1) is 4.77 Å². The minimum Gasteiger partial charge on any atom is -0.337 e. The second-order valence-electron chi connectivity index (χ2n) is 3.38. The highest BCUT2D eigenvalue weighted by molar-refractivity contribution is 7.71. The van der Waals surface area contributed by atoms with Crippen molar-refractivity contribution in [2.75, 3.05) is 0 Å². The Bertz CT molecular complexity index is 484. The lowest BCUT2D eigenvalue weighted by atomic mass is 10.2. The van der Waals surface area contributed by atoms with E-state index in [2.05, 4.69) is 21.5 Å². The lowest BCUT2D eigenvalue weighted by Crippen LogP contribution is -2.03. The normalized spacial score (nSPS) is 10.5. The van der Waals surface area contributed by atoms with Crippen LogP contribution in [-0.2, 0) is 13.0 Å². The molecule has 2 aromatic rings. The van der Waals surface area contributed by atoms with Crippen molar-refractivity contribution in [1.82, 2.24) is 14.5 Å². The molecule has 0 radical (unpaired) electrons. The van der Waals surface area contributed by atoms with E-state index in [0.717, 1.165) is 17.7 Å². The van der Waals surface area contributed by atoms with Gasteiger partial charge in [0.2, 0.25) is 0 Å². The molecule has 0 aliphatic carbocycles. The van der Waals surface area contributed by atoms with Gasteiger partial charge in [-0.15, -0.1) is 0 Å². The number of imidazole rings is 1. The third-order valence-electron chi connectivity index (χ3n) is 2.41. The van der Waals surface area contributed by atoms with Crippen molar-refractivity contribution in [3.8, 4) is 0 Å². The Labute approximate surface area is 93.8 Å². The van der Waals surface area contributed by atoms with Crippen molar-refractivity contribution in [2.45, 2.75) is 19.9 Å². The maximum absolute atomic E-state index is 5.23. The topological polar surface area (TPSA) is 33.6 Å². The zero-order valence-electron chi connectivity index (χ0n) is 8.60. The summed E-state index contributed by atoms with van der Waals surface area (Å²) < 4.78 is 2.90. The smallest absolute Gasteiger partial charge is 0.177 e. The molecule has 15 heavy (non-hydrogen) atoms. The number of aromatic amines is 1. The average Bonchev–Trinajstić information content (AvgIpc) is 2.62. The maximum Gasteiger partial charge on any atom is 0.177 e. The first-order valence-corrected chi connectivity index (χ1v) is 5.38. The SMILES string of the molecule is CCc1c[nH]c(=S)n1Cc1ccncc1. The van der Waals surface area contributed by atoms with Crippen molar-refractivity contribution >= 4 is 12.2 Å². The largest absolute Gasteiger partial charge is 0.337 e. The van der Waals surface area contributed by atoms with Gasteiger partial charge in [-0.2, -0.15) is 0 Å². The van der Waals surface area contributed by atoms with Crippen LogP contribution in [0.1, 0.15) is 18.2 Å². The Morgan fingerprint density at radius 1 is 1.40 bits per heavy atom. The monoisotopic (exact) mass is 219 g/mol. The molecule has 0 unspecified atom stereocenters. The van der Waals surface area contributed by atoms with E-state index in [1.807, 2.05) is 18.3 Å². The Morgan fingerprint density at radius 2 is 2.13 bits per heavy atom. The number of nitrogens with zero attached hydrogens (tertiary/aromatic N) is 2. The summed E-state index contributed by atoms with van der Waals surface area (Å²) in [5.74, 6) is 0. The Hall–Kier alpha value is -1.42. The highest BCUT2D eigenvalue weighted by atomic mass is 32.1. The van der Waals surface area contributed by atoms with Crippen LogP contribution >= 0.6 is 12.2 Å². The predicted molar refractivity (Wildman–Crippen MR) is 62.3 cm³/mol. The molecule has 0 bridgehead atoms. The highest BCUT2D eigenvalue weighted by Crippen LogP contribution is 2.07. The average molecular weight is 219 g/mol. The number of H-pyrrole nitrogens is 1. The minimum absolute atomic E-state index is 0.781. The zero-order valence-corrected chi connectivity index (χ0v) is 9.42. The number of nitrogens with one attached hydrogen (secondary N) is 1. The summed E-state index contributed by atoms with van der Waals surface area (Å²) in [7, 11) is 0. The van der Waals surface area contributed by atoms with Crippen LogP contribution in [0.3, 0.4) is 0 Å². The molecule has 0 saturated heterocycles. The van der Waals surface area contributed by atoms with Gasteiger partial charge in [0, 0.05) is 24.3 Å². The first-order valence-electron chi connectivity index (χ1n) is 4.97. The van der Waals surface area contributed by atoms with E-state index in [9.17, 15) is 0 Å². The van der Waals surface area contributed by atoms with E-state index in [4.69, 9.17) is 12.2 Å². The molecular weight excluding hydrogens is 206 g/mol. The molecule has 0 fully saturated rings. The van der Waals surface area contributed by atoms with Gasteiger partial charge in [0.1, 0.15) is 0 Å². The summed E-state index contributed by atoms with van der Waals surface area (Å²) in [6.07, 6.45) is 6.57. The molecule has 3 nitrogen and oxygen atoms in total. The van der Waals surface area contributed by atoms with Gasteiger partial charge in [0.15, 0.2) is 4.77 Å². The van der Waals surface area contributed by atoms with Gasteiger partial charge < -0.3 is 9.55 Å². The van der Waals surface area contributed by atoms with Crippen LogP contribution in [0.4, 0.5) is 0 Å². The van der Waals surface area contributed by atoms with Crippen molar-refractivity contribution in [3.63, 3.8) is 0 Å². The summed E-state index contributed by atoms with van der Waals surface area (Å²) >= 11 is 5.23. The van der Waals surface area contributed by atoms with Crippen molar-refractivity contribution < 1.29 is 0 Å². The molecule has 0 spiro atoms. The first-order chi connectivity index (χ1) is 7.31. The Balaban J connectivity index is 2.32. The lowest BCUT2D eigenvalue weighted by molar-refractivity contribution is 0.735. The Kier molecular flexibility index (Phi) is 2.97. The number of hydrogen-bond acceptors (Lipinski definition) is 2. The molecule has 1 N–H and O–H groups in total. The number of hydrogen-bond donors (Lipinski definition) is 1. The number of rotatable bonds is 3. The summed E-state index contributed by atoms with van der Waals surface area (Å²) in [4.78, 5) is 7.07. The number of aryl methyl sites for hydroxylation is 1. The van der Waals surface area contributed by atoms with E-state index >= 15 is 0 Å². The second kappa shape index (κ2) is 4.40. The van der Waals surface area contributed by atoms with Crippen LogP contribution in [-0.4, -0.2) is 14.5 Å². The minimum atomic E-state index is 0.781. The Morgan fingerprint density at radius 3 is 2.80 bits per heavy atom. The second-order valence-corrected chi connectivity index (χ2v) is 3.77. The molecular formula is C11H13N3S. The standard InChI is InChI=1S/C11H13N3S/c1-2-10-7-13-11(15)14(10)8-9-3-5-12-6-4-9/h3-7H,2,8H2,1H3,(H,13,15). The third-order valence-corrected chi connectivity index (χ3v) is 2.74. The van der Waals surface area contributed by atoms with Crippen molar-refractivity contribution in [3.05, 3.63) is 46.8 Å². The molecule has 2 heterocycles. The summed E-state index contributed by atoms with van der Waals surface area (Å²) in [6.45, 7) is 2.94. The fourth-order valence-electron chi connectivity index (χ4n) is 1.57. The van der Waals surface area contributed by atoms with Crippen molar-refractivity contribution in [2.24, 2.45) is 0 Å². The molecule has 2 aromatic heterocycles. The van der Waals surface area contributed by atoms with E-state index in [-0.39, 0.29) is 0 Å². The molecule has 0 atom stereocenters. The van der Waals surface area contributed by atoms with Gasteiger partial charge >= 0.3 is 0 Å². The highest BCUT2D eigenvalue weighted by Gasteiger charge is 2.02. The molecule has 78 valence electrons. The van der Waals surface area contributed by atoms with Crippen LogP contribution in [0.25, 0.3) is 0 Å². The predicted octanol–water partition coefficient (Wildman–Crippen LogP) is 2.55. The molecule has 2 rings (SSSR count). The fourth-order valence-corrected chi connectivity index (χ4v) is 1.81. The summed E-state index contributed by atoms with van der Waals surface area (Å²) in [6, 6.07) is 4.02. The molecule has 0 aliphatic rings. The molecule has 0 aliphatic heterocycles. The van der Waals surface area contributed by atoms with Crippen LogP contribution in [0.2, 0.25) is 0 Å². The van der Waals surface area contributed by atoms with Crippen molar-refractivity contribution in [1.29, 1.82) is 0 Å². The van der Waals surface area contributed by atoms with E-state index in [1.54, 1.807) is 12.4 Å². The molecule has 0 aromatic carbocycles. The molecule has 0 saturated carbocycles. The van der Waals surface area contributed by atoms with Gasteiger partial charge in [-0.05, 0) is 36.3 Å². The number of pyridine rings is 1. The molecule has 0 amide bonds. The lowest BCUT2D eigenvalue weighted by Gasteiger charge is -2.06. The van der Waals surface area contributed by atoms with E-state index in [0.29, 0.717) is 0 Å². The summed E-state index contributed by atoms with van der Waals surface area (Å²) in [5, 5.41) is 0. The number of aromatic nitrogens is 3. The quantitative estimate of drug-likeness (QED) is 0.805. The molecule has 4 heteroatoms. The van der Waals surface area contributed by atoms with Crippen LogP contribution in [0.5, 0.6) is 0 Å². The zero-order chi connectivity index (χ0) is 10.7. The van der Waals surface area contributed by atoms with Gasteiger partial charge in [-0.3, -0.25) is 4.98 Å². The van der Waals surface area contributed by atoms with E-state index < -0.39 is 0 Å². The van der Waals surface area contributed by atoms with E-state index in [1.165, 1.54) is 11.3 Å². The fraction of sp³-hybridized carbons (Fsp3) is 0.273. The van der Waals surface area contributed by atoms with Crippen LogP contribution < -0.4 is 0 Å². The maximum atomic E-state index is 5.23.